The van der Waals surface area contributed by atoms with E-state index in [2.05, 4.69) is 10.1 Å². The van der Waals surface area contributed by atoms with Crippen LogP contribution in [0.2, 0.25) is 0 Å². The zero-order chi connectivity index (χ0) is 13.8. The summed E-state index contributed by atoms with van der Waals surface area (Å²) in [5, 5.41) is 13.0. The maximum absolute atomic E-state index is 11.1. The summed E-state index contributed by atoms with van der Waals surface area (Å²) in [7, 11) is 0. The molecule has 0 spiro atoms. The number of carboxylic acid groups (broad SMARTS) is 1. The summed E-state index contributed by atoms with van der Waals surface area (Å²) in [4.78, 5) is 15.3. The van der Waals surface area contributed by atoms with Crippen molar-refractivity contribution in [2.45, 2.75) is 19.3 Å². The Kier molecular flexibility index (Phi) is 3.91. The molecule has 0 saturated heterocycles. The molecule has 2 aromatic rings. The fourth-order valence-corrected chi connectivity index (χ4v) is 1.83. The Labute approximate surface area is 110 Å². The first-order chi connectivity index (χ1) is 9.13. The van der Waals surface area contributed by atoms with Gasteiger partial charge in [-0.3, -0.25) is 4.79 Å². The van der Waals surface area contributed by atoms with Gasteiger partial charge >= 0.3 is 5.97 Å². The summed E-state index contributed by atoms with van der Waals surface area (Å²) >= 11 is 0. The Morgan fingerprint density at radius 3 is 2.84 bits per heavy atom. The van der Waals surface area contributed by atoms with Gasteiger partial charge in [-0.1, -0.05) is 29.4 Å². The largest absolute Gasteiger partial charge is 0.481 e. The fourth-order valence-electron chi connectivity index (χ4n) is 1.83. The molecule has 1 heterocycles. The molecule has 0 aliphatic rings. The van der Waals surface area contributed by atoms with Crippen LogP contribution in [-0.4, -0.2) is 27.8 Å². The van der Waals surface area contributed by atoms with E-state index in [-0.39, 0.29) is 18.9 Å². The lowest BCUT2D eigenvalue weighted by Gasteiger charge is -2.04. The molecule has 0 aliphatic carbocycles. The Morgan fingerprint density at radius 2 is 2.21 bits per heavy atom. The molecule has 1 aromatic carbocycles. The molecule has 1 atom stereocenters. The molecule has 19 heavy (non-hydrogen) atoms. The molecule has 0 saturated carbocycles. The third-order valence-electron chi connectivity index (χ3n) is 2.88. The van der Waals surface area contributed by atoms with Crippen LogP contribution in [0.15, 0.2) is 28.8 Å². The van der Waals surface area contributed by atoms with Gasteiger partial charge in [-0.25, -0.2) is 0 Å². The first-order valence-corrected chi connectivity index (χ1v) is 5.96. The molecule has 1 aromatic heterocycles. The average Bonchev–Trinajstić information content (AvgIpc) is 2.85. The number of hydrogen-bond donors (Lipinski definition) is 2. The van der Waals surface area contributed by atoms with Crippen molar-refractivity contribution in [2.75, 3.05) is 6.54 Å². The topological polar surface area (TPSA) is 102 Å². The predicted octanol–water partition coefficient (Wildman–Crippen LogP) is 1.56. The highest BCUT2D eigenvalue weighted by Gasteiger charge is 2.26. The van der Waals surface area contributed by atoms with Crippen LogP contribution in [-0.2, 0) is 4.79 Å². The minimum absolute atomic E-state index is 0.0937. The fraction of sp³-hybridized carbons (Fsp3) is 0.308. The number of aromatic nitrogens is 2. The molecular weight excluding hydrogens is 246 g/mol. The van der Waals surface area contributed by atoms with Gasteiger partial charge in [-0.05, 0) is 25.5 Å². The lowest BCUT2D eigenvalue weighted by molar-refractivity contribution is -0.139. The van der Waals surface area contributed by atoms with Crippen molar-refractivity contribution in [3.8, 4) is 11.4 Å². The van der Waals surface area contributed by atoms with E-state index in [1.807, 2.05) is 31.2 Å². The van der Waals surface area contributed by atoms with Crippen molar-refractivity contribution in [1.29, 1.82) is 0 Å². The first-order valence-electron chi connectivity index (χ1n) is 5.96. The summed E-state index contributed by atoms with van der Waals surface area (Å²) in [5.41, 5.74) is 7.22. The van der Waals surface area contributed by atoms with Gasteiger partial charge in [0.1, 0.15) is 5.92 Å². The number of rotatable bonds is 5. The Morgan fingerprint density at radius 1 is 1.47 bits per heavy atom. The summed E-state index contributed by atoms with van der Waals surface area (Å²) in [6, 6.07) is 7.57. The molecule has 0 amide bonds. The van der Waals surface area contributed by atoms with Crippen LogP contribution in [0.5, 0.6) is 0 Å². The zero-order valence-corrected chi connectivity index (χ0v) is 10.5. The lowest BCUT2D eigenvalue weighted by atomic mass is 10.1. The van der Waals surface area contributed by atoms with E-state index < -0.39 is 11.9 Å². The van der Waals surface area contributed by atoms with E-state index in [1.165, 1.54) is 0 Å². The molecule has 2 rings (SSSR count). The van der Waals surface area contributed by atoms with Gasteiger partial charge in [0.05, 0.1) is 0 Å². The van der Waals surface area contributed by atoms with E-state index in [0.29, 0.717) is 5.82 Å². The number of carbonyl (C=O) groups is 1. The quantitative estimate of drug-likeness (QED) is 0.846. The zero-order valence-electron chi connectivity index (χ0n) is 10.5. The molecular formula is C13H15N3O3. The lowest BCUT2D eigenvalue weighted by Crippen LogP contribution is -2.16. The molecule has 0 aliphatic heterocycles. The number of hydrogen-bond acceptors (Lipinski definition) is 5. The normalized spacial score (nSPS) is 12.3. The van der Waals surface area contributed by atoms with Gasteiger partial charge in [0.2, 0.25) is 11.7 Å². The van der Waals surface area contributed by atoms with Crippen LogP contribution in [0, 0.1) is 6.92 Å². The standard InChI is InChI=1S/C13H15N3O3/c1-8-4-2-3-5-9(8)11-15-12(19-16-11)10(6-7-14)13(17)18/h2-5,10H,6-7,14H2,1H3,(H,17,18). The highest BCUT2D eigenvalue weighted by molar-refractivity contribution is 5.74. The van der Waals surface area contributed by atoms with Crippen LogP contribution in [0.3, 0.4) is 0 Å². The molecule has 0 radical (unpaired) electrons. The molecule has 0 fully saturated rings. The van der Waals surface area contributed by atoms with Crippen molar-refractivity contribution < 1.29 is 14.4 Å². The Bertz CT molecular complexity index is 580. The Balaban J connectivity index is 2.33. The summed E-state index contributed by atoms with van der Waals surface area (Å²) in [5.74, 6) is -1.37. The average molecular weight is 261 g/mol. The highest BCUT2D eigenvalue weighted by Crippen LogP contribution is 2.24. The molecule has 1 unspecified atom stereocenters. The van der Waals surface area contributed by atoms with Gasteiger partial charge in [0.25, 0.3) is 0 Å². The smallest absolute Gasteiger partial charge is 0.316 e. The molecule has 6 nitrogen and oxygen atoms in total. The number of aryl methyl sites for hydroxylation is 1. The number of aliphatic carboxylic acids is 1. The van der Waals surface area contributed by atoms with Gasteiger partial charge in [0, 0.05) is 5.56 Å². The SMILES string of the molecule is Cc1ccccc1-c1noc(C(CCN)C(=O)O)n1. The van der Waals surface area contributed by atoms with Gasteiger partial charge in [0.15, 0.2) is 0 Å². The van der Waals surface area contributed by atoms with E-state index >= 15 is 0 Å². The van der Waals surface area contributed by atoms with Gasteiger partial charge in [-0.15, -0.1) is 0 Å². The highest BCUT2D eigenvalue weighted by atomic mass is 16.5. The van der Waals surface area contributed by atoms with Crippen LogP contribution >= 0.6 is 0 Å². The van der Waals surface area contributed by atoms with Crippen molar-refractivity contribution in [1.82, 2.24) is 10.1 Å². The third kappa shape index (κ3) is 2.79. The monoisotopic (exact) mass is 261 g/mol. The predicted molar refractivity (Wildman–Crippen MR) is 68.5 cm³/mol. The second kappa shape index (κ2) is 5.62. The van der Waals surface area contributed by atoms with E-state index in [1.54, 1.807) is 0 Å². The van der Waals surface area contributed by atoms with Crippen molar-refractivity contribution >= 4 is 5.97 Å². The summed E-state index contributed by atoms with van der Waals surface area (Å²) in [6.45, 7) is 2.18. The molecule has 6 heteroatoms. The van der Waals surface area contributed by atoms with Crippen molar-refractivity contribution in [2.24, 2.45) is 5.73 Å². The first kappa shape index (κ1) is 13.2. The number of nitrogens with zero attached hydrogens (tertiary/aromatic N) is 2. The van der Waals surface area contributed by atoms with Gasteiger partial charge in [-0.2, -0.15) is 4.98 Å². The van der Waals surface area contributed by atoms with Crippen LogP contribution in [0.1, 0.15) is 23.8 Å². The van der Waals surface area contributed by atoms with E-state index in [0.717, 1.165) is 11.1 Å². The number of carboxylic acids is 1. The second-order valence-corrected chi connectivity index (χ2v) is 4.24. The minimum Gasteiger partial charge on any atom is -0.481 e. The number of nitrogens with two attached hydrogens (primary N) is 1. The van der Waals surface area contributed by atoms with Crippen LogP contribution in [0.25, 0.3) is 11.4 Å². The van der Waals surface area contributed by atoms with Gasteiger partial charge < -0.3 is 15.4 Å². The van der Waals surface area contributed by atoms with Crippen LogP contribution < -0.4 is 5.73 Å². The number of benzene rings is 1. The molecule has 3 N–H and O–H groups in total. The maximum Gasteiger partial charge on any atom is 0.316 e. The maximum atomic E-state index is 11.1. The Hall–Kier alpha value is -2.21. The van der Waals surface area contributed by atoms with Crippen LogP contribution in [0.4, 0.5) is 0 Å². The molecule has 0 bridgehead atoms. The second-order valence-electron chi connectivity index (χ2n) is 4.24. The third-order valence-corrected chi connectivity index (χ3v) is 2.88. The van der Waals surface area contributed by atoms with E-state index in [4.69, 9.17) is 15.4 Å². The minimum atomic E-state index is -1.01. The molecule has 100 valence electrons. The van der Waals surface area contributed by atoms with Crippen molar-refractivity contribution in [3.63, 3.8) is 0 Å². The van der Waals surface area contributed by atoms with Crippen molar-refractivity contribution in [3.05, 3.63) is 35.7 Å². The summed E-state index contributed by atoms with van der Waals surface area (Å²) in [6.07, 6.45) is 0.269. The van der Waals surface area contributed by atoms with E-state index in [9.17, 15) is 4.79 Å². The summed E-state index contributed by atoms with van der Waals surface area (Å²) < 4.78 is 5.05.